The van der Waals surface area contributed by atoms with E-state index >= 15 is 0 Å². The molecular formula is C25H23NO6. The number of benzene rings is 3. The lowest BCUT2D eigenvalue weighted by Crippen LogP contribution is -2.35. The van der Waals surface area contributed by atoms with Crippen molar-refractivity contribution in [3.05, 3.63) is 83.4 Å². The first kappa shape index (κ1) is 21.2. The van der Waals surface area contributed by atoms with Crippen molar-refractivity contribution in [1.29, 1.82) is 0 Å². The normalized spacial score (nSPS) is 12.9. The summed E-state index contributed by atoms with van der Waals surface area (Å²) in [4.78, 5) is 24.5. The quantitative estimate of drug-likeness (QED) is 0.575. The van der Waals surface area contributed by atoms with Crippen LogP contribution in [0.3, 0.4) is 0 Å². The number of carbonyl (C=O) groups excluding carboxylic acids is 1. The van der Waals surface area contributed by atoms with Gasteiger partial charge in [-0.3, -0.25) is 0 Å². The molecule has 1 aliphatic carbocycles. The minimum absolute atomic E-state index is 0.0892. The Kier molecular flexibility index (Phi) is 5.98. The topological polar surface area (TPSA) is 94.1 Å². The van der Waals surface area contributed by atoms with Crippen LogP contribution < -0.4 is 14.8 Å². The van der Waals surface area contributed by atoms with Crippen LogP contribution in [0, 0.1) is 0 Å². The lowest BCUT2D eigenvalue weighted by atomic mass is 9.98. The first-order valence-corrected chi connectivity index (χ1v) is 10.1. The van der Waals surface area contributed by atoms with Crippen LogP contribution in [0.5, 0.6) is 11.5 Å². The van der Waals surface area contributed by atoms with Gasteiger partial charge in [0.1, 0.15) is 18.1 Å². The van der Waals surface area contributed by atoms with Crippen molar-refractivity contribution in [2.24, 2.45) is 0 Å². The zero-order chi connectivity index (χ0) is 22.7. The third-order valence-electron chi connectivity index (χ3n) is 5.60. The van der Waals surface area contributed by atoms with Gasteiger partial charge in [0.15, 0.2) is 6.04 Å². The number of methoxy groups -OCH3 is 2. The molecule has 2 N–H and O–H groups in total. The highest BCUT2D eigenvalue weighted by Crippen LogP contribution is 2.44. The van der Waals surface area contributed by atoms with E-state index < -0.39 is 18.1 Å². The van der Waals surface area contributed by atoms with Gasteiger partial charge in [0.25, 0.3) is 0 Å². The summed E-state index contributed by atoms with van der Waals surface area (Å²) in [6.45, 7) is 0.0892. The van der Waals surface area contributed by atoms with Gasteiger partial charge in [0.2, 0.25) is 0 Å². The van der Waals surface area contributed by atoms with Crippen molar-refractivity contribution in [1.82, 2.24) is 5.32 Å². The maximum atomic E-state index is 12.6. The zero-order valence-electron chi connectivity index (χ0n) is 17.7. The predicted octanol–water partition coefficient (Wildman–Crippen LogP) is 4.37. The summed E-state index contributed by atoms with van der Waals surface area (Å²) < 4.78 is 15.9. The molecular weight excluding hydrogens is 410 g/mol. The average Bonchev–Trinajstić information content (AvgIpc) is 3.14. The van der Waals surface area contributed by atoms with Crippen molar-refractivity contribution in [2.45, 2.75) is 12.0 Å². The predicted molar refractivity (Wildman–Crippen MR) is 118 cm³/mol. The molecule has 0 unspecified atom stereocenters. The highest BCUT2D eigenvalue weighted by Gasteiger charge is 2.30. The molecule has 3 aromatic rings. The van der Waals surface area contributed by atoms with E-state index in [0.717, 1.165) is 22.3 Å². The molecule has 0 aromatic heterocycles. The van der Waals surface area contributed by atoms with Gasteiger partial charge < -0.3 is 24.6 Å². The van der Waals surface area contributed by atoms with Crippen molar-refractivity contribution in [3.63, 3.8) is 0 Å². The summed E-state index contributed by atoms with van der Waals surface area (Å²) >= 11 is 0. The largest absolute Gasteiger partial charge is 0.497 e. The minimum Gasteiger partial charge on any atom is -0.497 e. The van der Waals surface area contributed by atoms with E-state index in [1.807, 2.05) is 48.5 Å². The van der Waals surface area contributed by atoms with Crippen molar-refractivity contribution in [3.8, 4) is 22.6 Å². The molecule has 1 amide bonds. The molecule has 4 rings (SSSR count). The summed E-state index contributed by atoms with van der Waals surface area (Å²) in [5.41, 5.74) is 4.67. The van der Waals surface area contributed by atoms with Gasteiger partial charge in [-0.1, -0.05) is 48.5 Å². The van der Waals surface area contributed by atoms with Gasteiger partial charge >= 0.3 is 12.1 Å². The first-order valence-electron chi connectivity index (χ1n) is 10.1. The number of fused-ring (bicyclic) bond motifs is 3. The highest BCUT2D eigenvalue weighted by atomic mass is 16.5. The fraction of sp³-hybridized carbons (Fsp3) is 0.200. The zero-order valence-corrected chi connectivity index (χ0v) is 17.7. The van der Waals surface area contributed by atoms with Crippen LogP contribution in [0.4, 0.5) is 4.79 Å². The van der Waals surface area contributed by atoms with Gasteiger partial charge in [-0.25, -0.2) is 9.59 Å². The molecule has 0 spiro atoms. The number of ether oxygens (including phenoxy) is 3. The van der Waals surface area contributed by atoms with E-state index in [1.54, 1.807) is 18.2 Å². The second-order valence-electron chi connectivity index (χ2n) is 7.35. The molecule has 0 saturated heterocycles. The van der Waals surface area contributed by atoms with Gasteiger partial charge in [-0.05, 0) is 34.4 Å². The minimum atomic E-state index is -1.34. The third-order valence-corrected chi connectivity index (χ3v) is 5.60. The molecule has 0 radical (unpaired) electrons. The van der Waals surface area contributed by atoms with Gasteiger partial charge in [0.05, 0.1) is 14.2 Å². The highest BCUT2D eigenvalue weighted by molar-refractivity contribution is 5.83. The molecule has 3 aromatic carbocycles. The Morgan fingerprint density at radius 3 is 2.12 bits per heavy atom. The molecule has 0 saturated carbocycles. The molecule has 7 heteroatoms. The number of carboxylic acid groups (broad SMARTS) is 1. The molecule has 0 aliphatic heterocycles. The lowest BCUT2D eigenvalue weighted by molar-refractivity contribution is -0.139. The molecule has 32 heavy (non-hydrogen) atoms. The molecule has 0 heterocycles. The number of carboxylic acids is 1. The first-order chi connectivity index (χ1) is 15.5. The standard InChI is InChI=1S/C25H23NO6/c1-30-15-11-12-20(22(13-15)31-2)23(24(27)28)26-25(29)32-14-21-18-9-5-3-7-16(18)17-8-4-6-10-19(17)21/h3-13,21,23H,14H2,1-2H3,(H,26,29)(H,27,28)/t23-/m1/s1. The average molecular weight is 433 g/mol. The number of alkyl carbamates (subject to hydrolysis) is 1. The van der Waals surface area contributed by atoms with E-state index in [9.17, 15) is 14.7 Å². The Morgan fingerprint density at radius 2 is 1.56 bits per heavy atom. The number of carbonyl (C=O) groups is 2. The second kappa shape index (κ2) is 9.01. The molecule has 1 aliphatic rings. The lowest BCUT2D eigenvalue weighted by Gasteiger charge is -2.19. The molecule has 164 valence electrons. The number of hydrogen-bond acceptors (Lipinski definition) is 5. The third kappa shape index (κ3) is 3.97. The van der Waals surface area contributed by atoms with E-state index in [0.29, 0.717) is 5.75 Å². The summed E-state index contributed by atoms with van der Waals surface area (Å²) in [6, 6.07) is 19.4. The fourth-order valence-corrected chi connectivity index (χ4v) is 4.09. The monoisotopic (exact) mass is 433 g/mol. The number of aliphatic carboxylic acids is 1. The number of amides is 1. The van der Waals surface area contributed by atoms with E-state index in [4.69, 9.17) is 14.2 Å². The van der Waals surface area contributed by atoms with Crippen molar-refractivity contribution >= 4 is 12.1 Å². The van der Waals surface area contributed by atoms with Crippen LogP contribution >= 0.6 is 0 Å². The van der Waals surface area contributed by atoms with Gasteiger partial charge in [-0.2, -0.15) is 0 Å². The summed E-state index contributed by atoms with van der Waals surface area (Å²) in [5.74, 6) is -0.555. The summed E-state index contributed by atoms with van der Waals surface area (Å²) in [7, 11) is 2.92. The van der Waals surface area contributed by atoms with Crippen molar-refractivity contribution in [2.75, 3.05) is 20.8 Å². The van der Waals surface area contributed by atoms with Gasteiger partial charge in [-0.15, -0.1) is 0 Å². The van der Waals surface area contributed by atoms with E-state index in [1.165, 1.54) is 14.2 Å². The van der Waals surface area contributed by atoms with Crippen LogP contribution in [0.25, 0.3) is 11.1 Å². The Labute approximate surface area is 185 Å². The maximum Gasteiger partial charge on any atom is 0.408 e. The van der Waals surface area contributed by atoms with Crippen LogP contribution in [-0.4, -0.2) is 38.0 Å². The SMILES string of the molecule is COc1ccc([C@@H](NC(=O)OCC2c3ccccc3-c3ccccc32)C(=O)O)c(OC)c1. The molecule has 0 bridgehead atoms. The second-order valence-corrected chi connectivity index (χ2v) is 7.35. The Morgan fingerprint density at radius 1 is 0.938 bits per heavy atom. The van der Waals surface area contributed by atoms with Crippen LogP contribution in [-0.2, 0) is 9.53 Å². The van der Waals surface area contributed by atoms with Crippen LogP contribution in [0.15, 0.2) is 66.7 Å². The summed E-state index contributed by atoms with van der Waals surface area (Å²) in [6.07, 6.45) is -0.822. The number of hydrogen-bond donors (Lipinski definition) is 2. The summed E-state index contributed by atoms with van der Waals surface area (Å²) in [5, 5.41) is 12.1. The Balaban J connectivity index is 1.51. The van der Waals surface area contributed by atoms with Gasteiger partial charge in [0, 0.05) is 17.5 Å². The molecule has 0 fully saturated rings. The van der Waals surface area contributed by atoms with Crippen LogP contribution in [0.2, 0.25) is 0 Å². The maximum absolute atomic E-state index is 12.6. The van der Waals surface area contributed by atoms with Crippen LogP contribution in [0.1, 0.15) is 28.7 Å². The Bertz CT molecular complexity index is 1110. The smallest absolute Gasteiger partial charge is 0.408 e. The Hall–Kier alpha value is -4.00. The number of rotatable bonds is 7. The van der Waals surface area contributed by atoms with Crippen molar-refractivity contribution < 1.29 is 28.9 Å². The van der Waals surface area contributed by atoms with E-state index in [-0.39, 0.29) is 23.8 Å². The number of nitrogens with one attached hydrogen (secondary N) is 1. The molecule has 1 atom stereocenters. The molecule has 7 nitrogen and oxygen atoms in total. The van der Waals surface area contributed by atoms with E-state index in [2.05, 4.69) is 5.32 Å². The fourth-order valence-electron chi connectivity index (χ4n) is 4.09.